The van der Waals surface area contributed by atoms with Crippen molar-refractivity contribution in [2.45, 2.75) is 25.3 Å². The van der Waals surface area contributed by atoms with Gasteiger partial charge < -0.3 is 14.4 Å². The Morgan fingerprint density at radius 2 is 2.14 bits per heavy atom. The highest BCUT2D eigenvalue weighted by atomic mass is 32.1. The second-order valence-electron chi connectivity index (χ2n) is 6.89. The van der Waals surface area contributed by atoms with E-state index in [9.17, 15) is 4.79 Å². The number of aromatic nitrogens is 2. The molecule has 1 aliphatic heterocycles. The molecule has 1 saturated heterocycles. The highest BCUT2D eigenvalue weighted by molar-refractivity contribution is 7.13. The fourth-order valence-electron chi connectivity index (χ4n) is 3.73. The van der Waals surface area contributed by atoms with Gasteiger partial charge in [0.15, 0.2) is 0 Å². The number of rotatable bonds is 6. The van der Waals surface area contributed by atoms with Crippen molar-refractivity contribution in [1.29, 1.82) is 0 Å². The molecule has 0 spiro atoms. The largest absolute Gasteiger partial charge is 0.497 e. The number of benzene rings is 1. The number of thiazole rings is 1. The predicted molar refractivity (Wildman–Crippen MR) is 112 cm³/mol. The Morgan fingerprint density at radius 3 is 2.90 bits per heavy atom. The van der Waals surface area contributed by atoms with Gasteiger partial charge in [-0.2, -0.15) is 0 Å². The van der Waals surface area contributed by atoms with Crippen LogP contribution >= 0.6 is 11.3 Å². The van der Waals surface area contributed by atoms with Crippen molar-refractivity contribution in [3.63, 3.8) is 0 Å². The number of carbonyl (C=O) groups is 1. The number of hydrogen-bond acceptors (Lipinski definition) is 6. The molecule has 3 aromatic rings. The van der Waals surface area contributed by atoms with E-state index in [1.807, 2.05) is 46.7 Å². The molecule has 1 amide bonds. The second-order valence-corrected chi connectivity index (χ2v) is 7.75. The Kier molecular flexibility index (Phi) is 5.76. The molecule has 4 rings (SSSR count). The third-order valence-corrected chi connectivity index (χ3v) is 6.05. The van der Waals surface area contributed by atoms with Crippen molar-refractivity contribution in [3.05, 3.63) is 59.2 Å². The molecule has 0 saturated carbocycles. The van der Waals surface area contributed by atoms with Crippen LogP contribution in [0.5, 0.6) is 11.5 Å². The van der Waals surface area contributed by atoms with Crippen molar-refractivity contribution in [2.75, 3.05) is 20.8 Å². The molecule has 1 fully saturated rings. The summed E-state index contributed by atoms with van der Waals surface area (Å²) in [5.41, 5.74) is 2.64. The fourth-order valence-corrected chi connectivity index (χ4v) is 4.53. The molecule has 1 unspecified atom stereocenters. The number of methoxy groups -OCH3 is 2. The summed E-state index contributed by atoms with van der Waals surface area (Å²) >= 11 is 1.52. The number of pyridine rings is 1. The Bertz CT molecular complexity index is 990. The lowest BCUT2D eigenvalue weighted by atomic mass is 10.0. The van der Waals surface area contributed by atoms with Gasteiger partial charge in [-0.1, -0.05) is 6.07 Å². The number of carbonyl (C=O) groups excluding carboxylic acids is 1. The molecular formula is C22H23N3O3S. The zero-order valence-electron chi connectivity index (χ0n) is 16.5. The van der Waals surface area contributed by atoms with Gasteiger partial charge in [-0.05, 0) is 37.1 Å². The minimum Gasteiger partial charge on any atom is -0.497 e. The van der Waals surface area contributed by atoms with Crippen molar-refractivity contribution < 1.29 is 14.3 Å². The van der Waals surface area contributed by atoms with E-state index in [4.69, 9.17) is 9.47 Å². The third-order valence-electron chi connectivity index (χ3n) is 5.14. The molecule has 7 heteroatoms. The molecule has 150 valence electrons. The van der Waals surface area contributed by atoms with E-state index >= 15 is 0 Å². The summed E-state index contributed by atoms with van der Waals surface area (Å²) in [5, 5.41) is 2.78. The minimum atomic E-state index is 0.0113. The van der Waals surface area contributed by atoms with Gasteiger partial charge in [-0.15, -0.1) is 11.3 Å². The SMILES string of the molecule is COc1ccc(C2CCCN2C(=O)Cc2csc(-c3ccccn3)n2)c(OC)c1. The van der Waals surface area contributed by atoms with E-state index in [0.717, 1.165) is 52.8 Å². The first kappa shape index (κ1) is 19.4. The van der Waals surface area contributed by atoms with E-state index < -0.39 is 0 Å². The van der Waals surface area contributed by atoms with Crippen LogP contribution in [0.4, 0.5) is 0 Å². The zero-order chi connectivity index (χ0) is 20.2. The summed E-state index contributed by atoms with van der Waals surface area (Å²) in [6.07, 6.45) is 3.93. The third kappa shape index (κ3) is 4.10. The summed E-state index contributed by atoms with van der Waals surface area (Å²) in [4.78, 5) is 24.0. The maximum absolute atomic E-state index is 13.1. The number of amides is 1. The molecule has 2 aromatic heterocycles. The maximum Gasteiger partial charge on any atom is 0.229 e. The highest BCUT2D eigenvalue weighted by Gasteiger charge is 2.32. The van der Waals surface area contributed by atoms with Crippen LogP contribution in [0.2, 0.25) is 0 Å². The van der Waals surface area contributed by atoms with E-state index in [1.54, 1.807) is 20.4 Å². The molecule has 1 aromatic carbocycles. The van der Waals surface area contributed by atoms with E-state index in [1.165, 1.54) is 11.3 Å². The fraction of sp³-hybridized carbons (Fsp3) is 0.318. The van der Waals surface area contributed by atoms with Crippen LogP contribution in [0.15, 0.2) is 48.0 Å². The Labute approximate surface area is 174 Å². The van der Waals surface area contributed by atoms with Crippen molar-refractivity contribution in [3.8, 4) is 22.2 Å². The predicted octanol–water partition coefficient (Wildman–Crippen LogP) is 4.13. The monoisotopic (exact) mass is 409 g/mol. The topological polar surface area (TPSA) is 64.5 Å². The van der Waals surface area contributed by atoms with Crippen molar-refractivity contribution in [2.24, 2.45) is 0 Å². The molecule has 3 heterocycles. The number of ether oxygens (including phenoxy) is 2. The van der Waals surface area contributed by atoms with Crippen LogP contribution < -0.4 is 9.47 Å². The summed E-state index contributed by atoms with van der Waals surface area (Å²) in [6.45, 7) is 0.746. The Hall–Kier alpha value is -2.93. The van der Waals surface area contributed by atoms with Gasteiger partial charge >= 0.3 is 0 Å². The molecule has 0 aliphatic carbocycles. The normalized spacial score (nSPS) is 16.1. The van der Waals surface area contributed by atoms with E-state index in [0.29, 0.717) is 0 Å². The maximum atomic E-state index is 13.1. The molecule has 0 N–H and O–H groups in total. The van der Waals surface area contributed by atoms with Gasteiger partial charge in [0.05, 0.1) is 38.1 Å². The van der Waals surface area contributed by atoms with Crippen LogP contribution in [0, 0.1) is 0 Å². The summed E-state index contributed by atoms with van der Waals surface area (Å²) in [5.74, 6) is 1.58. The quantitative estimate of drug-likeness (QED) is 0.613. The summed E-state index contributed by atoms with van der Waals surface area (Å²) in [7, 11) is 3.28. The first-order valence-electron chi connectivity index (χ1n) is 9.57. The first-order chi connectivity index (χ1) is 14.2. The van der Waals surface area contributed by atoms with Gasteiger partial charge in [0.2, 0.25) is 5.91 Å². The standard InChI is InChI=1S/C22H23N3O3S/c1-27-16-8-9-17(20(13-16)28-2)19-7-5-11-25(19)21(26)12-15-14-29-22(24-15)18-6-3-4-10-23-18/h3-4,6,8-10,13-14,19H,5,7,11-12H2,1-2H3. The lowest BCUT2D eigenvalue weighted by molar-refractivity contribution is -0.131. The molecule has 6 nitrogen and oxygen atoms in total. The minimum absolute atomic E-state index is 0.0113. The average molecular weight is 410 g/mol. The molecular weight excluding hydrogens is 386 g/mol. The van der Waals surface area contributed by atoms with Gasteiger partial charge in [0.25, 0.3) is 0 Å². The van der Waals surface area contributed by atoms with Crippen LogP contribution in [0.1, 0.15) is 30.1 Å². The van der Waals surface area contributed by atoms with Crippen LogP contribution in [0.25, 0.3) is 10.7 Å². The lowest BCUT2D eigenvalue weighted by Gasteiger charge is -2.26. The van der Waals surface area contributed by atoms with Crippen molar-refractivity contribution >= 4 is 17.2 Å². The van der Waals surface area contributed by atoms with Crippen molar-refractivity contribution in [1.82, 2.24) is 14.9 Å². The number of nitrogens with zero attached hydrogens (tertiary/aromatic N) is 3. The Balaban J connectivity index is 1.51. The van der Waals surface area contributed by atoms with Crippen LogP contribution in [0.3, 0.4) is 0 Å². The van der Waals surface area contributed by atoms with Crippen LogP contribution in [-0.4, -0.2) is 41.5 Å². The van der Waals surface area contributed by atoms with Crippen LogP contribution in [-0.2, 0) is 11.2 Å². The smallest absolute Gasteiger partial charge is 0.229 e. The zero-order valence-corrected chi connectivity index (χ0v) is 17.3. The molecule has 1 atom stereocenters. The average Bonchev–Trinajstić information content (AvgIpc) is 3.43. The molecule has 0 bridgehead atoms. The number of likely N-dealkylation sites (tertiary alicyclic amines) is 1. The lowest BCUT2D eigenvalue weighted by Crippen LogP contribution is -2.32. The summed E-state index contributed by atoms with van der Waals surface area (Å²) in [6, 6.07) is 11.5. The van der Waals surface area contributed by atoms with Gasteiger partial charge in [0, 0.05) is 29.8 Å². The second kappa shape index (κ2) is 8.61. The summed E-state index contributed by atoms with van der Waals surface area (Å²) < 4.78 is 10.9. The molecule has 29 heavy (non-hydrogen) atoms. The van der Waals surface area contributed by atoms with E-state index in [-0.39, 0.29) is 18.4 Å². The highest BCUT2D eigenvalue weighted by Crippen LogP contribution is 2.39. The van der Waals surface area contributed by atoms with E-state index in [2.05, 4.69) is 9.97 Å². The van der Waals surface area contributed by atoms with Gasteiger partial charge in [-0.3, -0.25) is 9.78 Å². The molecule has 0 radical (unpaired) electrons. The first-order valence-corrected chi connectivity index (χ1v) is 10.4. The molecule has 1 aliphatic rings. The number of hydrogen-bond donors (Lipinski definition) is 0. The van der Waals surface area contributed by atoms with Gasteiger partial charge in [0.1, 0.15) is 16.5 Å². The van der Waals surface area contributed by atoms with Gasteiger partial charge in [-0.25, -0.2) is 4.98 Å². The Morgan fingerprint density at radius 1 is 1.24 bits per heavy atom.